The quantitative estimate of drug-likeness (QED) is 0.770. The van der Waals surface area contributed by atoms with Gasteiger partial charge in [-0.3, -0.25) is 0 Å². The number of aromatic hydroxyl groups is 1. The highest BCUT2D eigenvalue weighted by atomic mass is 16.3. The molecule has 19 heavy (non-hydrogen) atoms. The number of phenolic OH excluding ortho intramolecular Hbond substituents is 1. The summed E-state index contributed by atoms with van der Waals surface area (Å²) in [6.07, 6.45) is 0.670. The van der Waals surface area contributed by atoms with Crippen molar-refractivity contribution in [2.24, 2.45) is 5.92 Å². The number of aliphatic hydroxyl groups excluding tert-OH is 2. The molecular weight excluding hydrogens is 240 g/mol. The number of phenols is 1. The summed E-state index contributed by atoms with van der Waals surface area (Å²) in [6, 6.07) is 15.1. The van der Waals surface area contributed by atoms with E-state index in [9.17, 15) is 5.11 Å². The summed E-state index contributed by atoms with van der Waals surface area (Å²) in [7, 11) is 0. The average molecular weight is 258 g/mol. The molecule has 0 aromatic heterocycles. The Morgan fingerprint density at radius 3 is 1.68 bits per heavy atom. The van der Waals surface area contributed by atoms with Crippen LogP contribution in [0.1, 0.15) is 5.56 Å². The maximum Gasteiger partial charge on any atom is 0.115 e. The van der Waals surface area contributed by atoms with E-state index in [2.05, 4.69) is 0 Å². The van der Waals surface area contributed by atoms with Crippen LogP contribution in [0.15, 0.2) is 48.5 Å². The van der Waals surface area contributed by atoms with Gasteiger partial charge in [0.15, 0.2) is 0 Å². The predicted octanol–water partition coefficient (Wildman–Crippen LogP) is 2.20. The van der Waals surface area contributed by atoms with Crippen molar-refractivity contribution < 1.29 is 15.3 Å². The SMILES string of the molecule is OCC(CO)Cc1ccc(-c2ccc(O)cc2)cc1. The lowest BCUT2D eigenvalue weighted by Gasteiger charge is -2.11. The third-order valence-electron chi connectivity index (χ3n) is 3.20. The van der Waals surface area contributed by atoms with Crippen LogP contribution in [0.5, 0.6) is 5.75 Å². The molecule has 0 amide bonds. The molecule has 0 fully saturated rings. The smallest absolute Gasteiger partial charge is 0.115 e. The molecule has 0 aliphatic rings. The largest absolute Gasteiger partial charge is 0.508 e. The number of aliphatic hydroxyl groups is 2. The van der Waals surface area contributed by atoms with E-state index in [1.165, 1.54) is 0 Å². The number of rotatable bonds is 5. The third kappa shape index (κ3) is 3.56. The zero-order valence-corrected chi connectivity index (χ0v) is 10.7. The molecule has 0 heterocycles. The van der Waals surface area contributed by atoms with Gasteiger partial charge in [-0.25, -0.2) is 0 Å². The number of hydrogen-bond donors (Lipinski definition) is 3. The Bertz CT molecular complexity index is 499. The van der Waals surface area contributed by atoms with Crippen LogP contribution < -0.4 is 0 Å². The molecule has 2 aromatic carbocycles. The summed E-state index contributed by atoms with van der Waals surface area (Å²) >= 11 is 0. The minimum absolute atomic E-state index is 0.00376. The van der Waals surface area contributed by atoms with Crippen LogP contribution in [0.25, 0.3) is 11.1 Å². The summed E-state index contributed by atoms with van der Waals surface area (Å²) < 4.78 is 0. The summed E-state index contributed by atoms with van der Waals surface area (Å²) in [5, 5.41) is 27.4. The fraction of sp³-hybridized carbons (Fsp3) is 0.250. The molecule has 100 valence electrons. The van der Waals surface area contributed by atoms with E-state index in [1.54, 1.807) is 12.1 Å². The molecule has 0 aliphatic carbocycles. The molecule has 0 atom stereocenters. The normalized spacial score (nSPS) is 10.9. The Labute approximate surface area is 112 Å². The predicted molar refractivity (Wildman–Crippen MR) is 74.9 cm³/mol. The van der Waals surface area contributed by atoms with Crippen molar-refractivity contribution in [1.82, 2.24) is 0 Å². The van der Waals surface area contributed by atoms with Gasteiger partial charge in [0.1, 0.15) is 5.75 Å². The Morgan fingerprint density at radius 2 is 1.21 bits per heavy atom. The van der Waals surface area contributed by atoms with Crippen LogP contribution in [0.3, 0.4) is 0 Å². The second-order valence-electron chi connectivity index (χ2n) is 4.68. The molecule has 2 rings (SSSR count). The van der Waals surface area contributed by atoms with E-state index in [-0.39, 0.29) is 24.9 Å². The Morgan fingerprint density at radius 1 is 0.737 bits per heavy atom. The summed E-state index contributed by atoms with van der Waals surface area (Å²) in [4.78, 5) is 0. The van der Waals surface area contributed by atoms with Crippen molar-refractivity contribution in [3.8, 4) is 16.9 Å². The zero-order valence-electron chi connectivity index (χ0n) is 10.7. The highest BCUT2D eigenvalue weighted by Crippen LogP contribution is 2.22. The summed E-state index contributed by atoms with van der Waals surface area (Å²) in [5.41, 5.74) is 3.22. The zero-order chi connectivity index (χ0) is 13.7. The topological polar surface area (TPSA) is 60.7 Å². The summed E-state index contributed by atoms with van der Waals surface area (Å²) in [5.74, 6) is 0.161. The van der Waals surface area contributed by atoms with Crippen molar-refractivity contribution in [2.75, 3.05) is 13.2 Å². The van der Waals surface area contributed by atoms with E-state index in [4.69, 9.17) is 10.2 Å². The highest BCUT2D eigenvalue weighted by Gasteiger charge is 2.07. The van der Waals surface area contributed by atoms with E-state index in [1.807, 2.05) is 36.4 Å². The van der Waals surface area contributed by atoms with Crippen molar-refractivity contribution in [3.05, 3.63) is 54.1 Å². The van der Waals surface area contributed by atoms with Crippen LogP contribution in [-0.2, 0) is 6.42 Å². The second-order valence-corrected chi connectivity index (χ2v) is 4.68. The summed E-state index contributed by atoms with van der Waals surface area (Å²) in [6.45, 7) is -0.00751. The molecule has 2 aromatic rings. The van der Waals surface area contributed by atoms with Gasteiger partial charge in [0.25, 0.3) is 0 Å². The monoisotopic (exact) mass is 258 g/mol. The standard InChI is InChI=1S/C16H18O3/c17-10-13(11-18)9-12-1-3-14(4-2-12)15-5-7-16(19)8-6-15/h1-8,13,17-19H,9-11H2. The first-order valence-corrected chi connectivity index (χ1v) is 6.33. The minimum Gasteiger partial charge on any atom is -0.508 e. The van der Waals surface area contributed by atoms with Crippen LogP contribution in [0.4, 0.5) is 0 Å². The molecule has 0 saturated heterocycles. The first-order chi connectivity index (χ1) is 9.22. The average Bonchev–Trinajstić information content (AvgIpc) is 2.46. The number of hydrogen-bond acceptors (Lipinski definition) is 3. The van der Waals surface area contributed by atoms with Gasteiger partial charge < -0.3 is 15.3 Å². The van der Waals surface area contributed by atoms with Crippen molar-refractivity contribution >= 4 is 0 Å². The lowest BCUT2D eigenvalue weighted by atomic mass is 9.98. The van der Waals surface area contributed by atoms with Gasteiger partial charge in [-0.2, -0.15) is 0 Å². The van der Waals surface area contributed by atoms with E-state index in [0.717, 1.165) is 16.7 Å². The van der Waals surface area contributed by atoms with Crippen LogP contribution >= 0.6 is 0 Å². The Kier molecular flexibility index (Phi) is 4.55. The van der Waals surface area contributed by atoms with Gasteiger partial charge in [-0.1, -0.05) is 36.4 Å². The van der Waals surface area contributed by atoms with Gasteiger partial charge >= 0.3 is 0 Å². The van der Waals surface area contributed by atoms with Gasteiger partial charge in [0.05, 0.1) is 0 Å². The fourth-order valence-electron chi connectivity index (χ4n) is 2.01. The van der Waals surface area contributed by atoms with E-state index in [0.29, 0.717) is 6.42 Å². The van der Waals surface area contributed by atoms with Crippen molar-refractivity contribution in [2.45, 2.75) is 6.42 Å². The molecule has 0 bridgehead atoms. The first-order valence-electron chi connectivity index (χ1n) is 6.33. The van der Waals surface area contributed by atoms with E-state index >= 15 is 0 Å². The molecule has 0 saturated carbocycles. The lowest BCUT2D eigenvalue weighted by molar-refractivity contribution is 0.150. The van der Waals surface area contributed by atoms with Crippen LogP contribution in [0, 0.1) is 5.92 Å². The van der Waals surface area contributed by atoms with E-state index < -0.39 is 0 Å². The maximum atomic E-state index is 9.25. The third-order valence-corrected chi connectivity index (χ3v) is 3.20. The molecular formula is C16H18O3. The van der Waals surface area contributed by atoms with Crippen molar-refractivity contribution in [3.63, 3.8) is 0 Å². The fourth-order valence-corrected chi connectivity index (χ4v) is 2.01. The first kappa shape index (κ1) is 13.6. The molecule has 3 nitrogen and oxygen atoms in total. The molecule has 0 aliphatic heterocycles. The van der Waals surface area contributed by atoms with Gasteiger partial charge in [-0.15, -0.1) is 0 Å². The second kappa shape index (κ2) is 6.36. The van der Waals surface area contributed by atoms with Gasteiger partial charge in [0, 0.05) is 19.1 Å². The van der Waals surface area contributed by atoms with Gasteiger partial charge in [-0.05, 0) is 35.2 Å². The molecule has 3 heteroatoms. The minimum atomic E-state index is -0.0977. The van der Waals surface area contributed by atoms with Crippen LogP contribution in [-0.4, -0.2) is 28.5 Å². The maximum absolute atomic E-state index is 9.25. The molecule has 0 spiro atoms. The Hall–Kier alpha value is -1.84. The lowest BCUT2D eigenvalue weighted by Crippen LogP contribution is -2.13. The molecule has 0 unspecified atom stereocenters. The Balaban J connectivity index is 2.12. The van der Waals surface area contributed by atoms with Gasteiger partial charge in [0.2, 0.25) is 0 Å². The van der Waals surface area contributed by atoms with Crippen LogP contribution in [0.2, 0.25) is 0 Å². The number of benzene rings is 2. The molecule has 0 radical (unpaired) electrons. The van der Waals surface area contributed by atoms with Crippen molar-refractivity contribution in [1.29, 1.82) is 0 Å². The molecule has 3 N–H and O–H groups in total. The highest BCUT2D eigenvalue weighted by molar-refractivity contribution is 5.64.